The molecular weight excluding hydrogens is 212 g/mol. The van der Waals surface area contributed by atoms with Crippen molar-refractivity contribution in [1.29, 1.82) is 0 Å². The third-order valence-corrected chi connectivity index (χ3v) is 6.46. The van der Waals surface area contributed by atoms with Gasteiger partial charge in [0, 0.05) is 0 Å². The second kappa shape index (κ2) is 2.96. The minimum Gasteiger partial charge on any atom is -0.469 e. The highest BCUT2D eigenvalue weighted by molar-refractivity contribution is 5.71. The van der Waals surface area contributed by atoms with E-state index in [1.807, 2.05) is 0 Å². The topological polar surface area (TPSA) is 26.3 Å². The summed E-state index contributed by atoms with van der Waals surface area (Å²) in [6.07, 6.45) is 12.1. The molecule has 2 heteroatoms. The summed E-state index contributed by atoms with van der Waals surface area (Å²) in [5.41, 5.74) is 0.881. The van der Waals surface area contributed by atoms with Gasteiger partial charge in [-0.1, -0.05) is 12.2 Å². The molecule has 0 aliphatic heterocycles. The number of ether oxygens (including phenoxy) is 1. The van der Waals surface area contributed by atoms with Crippen LogP contribution in [0.3, 0.4) is 0 Å². The van der Waals surface area contributed by atoms with Crippen molar-refractivity contribution in [2.45, 2.75) is 38.5 Å². The smallest absolute Gasteiger partial charge is 0.306 e. The quantitative estimate of drug-likeness (QED) is 0.540. The van der Waals surface area contributed by atoms with E-state index in [4.69, 9.17) is 4.74 Å². The Kier molecular flexibility index (Phi) is 1.77. The van der Waals surface area contributed by atoms with Crippen molar-refractivity contribution in [2.24, 2.45) is 28.6 Å². The first-order chi connectivity index (χ1) is 8.22. The van der Waals surface area contributed by atoms with Crippen LogP contribution >= 0.6 is 0 Å². The summed E-state index contributed by atoms with van der Waals surface area (Å²) in [7, 11) is 1.53. The summed E-state index contributed by atoms with van der Waals surface area (Å²) >= 11 is 0. The molecule has 3 saturated carbocycles. The largest absolute Gasteiger partial charge is 0.469 e. The van der Waals surface area contributed by atoms with E-state index in [0.717, 1.165) is 17.8 Å². The molecule has 0 unspecified atom stereocenters. The lowest BCUT2D eigenvalue weighted by molar-refractivity contribution is -0.142. The van der Waals surface area contributed by atoms with E-state index in [1.54, 1.807) is 0 Å². The molecular formula is C15H20O2. The standard InChI is InChI=1S/C15H20O2/c1-17-13(16)8-15-9-14(15)6-5-10-3-2-4-11(15)7-12(10)14/h2-3,10-12H,4-9H2,1H3/t10-,11+,12-,14-,15+/m1/s1. The Labute approximate surface area is 102 Å². The minimum atomic E-state index is 0.0144. The van der Waals surface area contributed by atoms with Crippen molar-refractivity contribution < 1.29 is 9.53 Å². The van der Waals surface area contributed by atoms with Crippen LogP contribution in [0, 0.1) is 28.6 Å². The van der Waals surface area contributed by atoms with Gasteiger partial charge in [0.15, 0.2) is 0 Å². The fourth-order valence-electron chi connectivity index (χ4n) is 5.74. The molecule has 4 aliphatic carbocycles. The van der Waals surface area contributed by atoms with Crippen LogP contribution < -0.4 is 0 Å². The van der Waals surface area contributed by atoms with Crippen molar-refractivity contribution in [3.63, 3.8) is 0 Å². The Morgan fingerprint density at radius 3 is 3.24 bits per heavy atom. The van der Waals surface area contributed by atoms with Gasteiger partial charge in [0.25, 0.3) is 0 Å². The first kappa shape index (κ1) is 10.2. The summed E-state index contributed by atoms with van der Waals surface area (Å²) in [4.78, 5) is 11.7. The molecule has 92 valence electrons. The van der Waals surface area contributed by atoms with E-state index >= 15 is 0 Å². The van der Waals surface area contributed by atoms with Gasteiger partial charge in [-0.2, -0.15) is 0 Å². The third-order valence-electron chi connectivity index (χ3n) is 6.46. The van der Waals surface area contributed by atoms with Crippen LogP contribution in [0.2, 0.25) is 0 Å². The zero-order valence-electron chi connectivity index (χ0n) is 10.4. The Bertz CT molecular complexity index is 413. The van der Waals surface area contributed by atoms with Gasteiger partial charge in [-0.3, -0.25) is 4.79 Å². The molecule has 0 aromatic carbocycles. The van der Waals surface area contributed by atoms with Gasteiger partial charge < -0.3 is 4.74 Å². The van der Waals surface area contributed by atoms with E-state index in [-0.39, 0.29) is 5.97 Å². The van der Waals surface area contributed by atoms with E-state index in [2.05, 4.69) is 12.2 Å². The summed E-state index contributed by atoms with van der Waals surface area (Å²) in [5, 5.41) is 0. The SMILES string of the molecule is COC(=O)C[C@@]12C[C@@]13CC[C@H]1C=CC[C@H]2C[C@H]13. The van der Waals surface area contributed by atoms with Crippen molar-refractivity contribution in [3.8, 4) is 0 Å². The van der Waals surface area contributed by atoms with Crippen LogP contribution in [0.1, 0.15) is 38.5 Å². The molecule has 0 radical (unpaired) electrons. The Balaban J connectivity index is 1.71. The van der Waals surface area contributed by atoms with Crippen molar-refractivity contribution in [3.05, 3.63) is 12.2 Å². The van der Waals surface area contributed by atoms with Gasteiger partial charge in [0.1, 0.15) is 0 Å². The third kappa shape index (κ3) is 1.01. The second-order valence-electron chi connectivity index (χ2n) is 6.65. The van der Waals surface area contributed by atoms with E-state index < -0.39 is 0 Å². The van der Waals surface area contributed by atoms with Crippen molar-refractivity contribution in [2.75, 3.05) is 7.11 Å². The first-order valence-electron chi connectivity index (χ1n) is 6.95. The molecule has 0 aromatic rings. The molecule has 2 bridgehead atoms. The van der Waals surface area contributed by atoms with E-state index in [0.29, 0.717) is 17.3 Å². The van der Waals surface area contributed by atoms with Gasteiger partial charge >= 0.3 is 5.97 Å². The highest BCUT2D eigenvalue weighted by Gasteiger charge is 2.79. The summed E-state index contributed by atoms with van der Waals surface area (Å²) in [6, 6.07) is 0. The van der Waals surface area contributed by atoms with Crippen LogP contribution in [0.5, 0.6) is 0 Å². The number of fused-ring (bicyclic) bond motifs is 2. The van der Waals surface area contributed by atoms with Crippen LogP contribution in [0.25, 0.3) is 0 Å². The molecule has 0 amide bonds. The first-order valence-corrected chi connectivity index (χ1v) is 6.95. The zero-order valence-corrected chi connectivity index (χ0v) is 10.4. The number of esters is 1. The lowest BCUT2D eigenvalue weighted by Crippen LogP contribution is -2.21. The Morgan fingerprint density at radius 2 is 2.41 bits per heavy atom. The summed E-state index contributed by atoms with van der Waals surface area (Å²) in [6.45, 7) is 0. The van der Waals surface area contributed by atoms with Gasteiger partial charge in [0.2, 0.25) is 0 Å². The second-order valence-corrected chi connectivity index (χ2v) is 6.65. The average Bonchev–Trinajstić information content (AvgIpc) is 2.79. The molecule has 0 saturated heterocycles. The van der Waals surface area contributed by atoms with Crippen LogP contribution in [0.15, 0.2) is 12.2 Å². The van der Waals surface area contributed by atoms with Crippen LogP contribution in [0.4, 0.5) is 0 Å². The molecule has 0 aromatic heterocycles. The molecule has 2 nitrogen and oxygen atoms in total. The summed E-state index contributed by atoms with van der Waals surface area (Å²) in [5.74, 6) is 2.48. The van der Waals surface area contributed by atoms with Gasteiger partial charge in [0.05, 0.1) is 13.5 Å². The normalized spacial score (nSPS) is 53.1. The maximum absolute atomic E-state index is 11.7. The molecule has 0 heterocycles. The lowest BCUT2D eigenvalue weighted by Gasteiger charge is -2.22. The van der Waals surface area contributed by atoms with E-state index in [9.17, 15) is 4.79 Å². The van der Waals surface area contributed by atoms with Crippen molar-refractivity contribution >= 4 is 5.97 Å². The molecule has 5 atom stereocenters. The monoisotopic (exact) mass is 232 g/mol. The highest BCUT2D eigenvalue weighted by Crippen LogP contribution is 2.86. The average molecular weight is 232 g/mol. The van der Waals surface area contributed by atoms with Crippen molar-refractivity contribution in [1.82, 2.24) is 0 Å². The summed E-state index contributed by atoms with van der Waals surface area (Å²) < 4.78 is 4.93. The molecule has 17 heavy (non-hydrogen) atoms. The number of carbonyl (C=O) groups excluding carboxylic acids is 1. The number of carbonyl (C=O) groups is 1. The Hall–Kier alpha value is -0.790. The molecule has 1 spiro atoms. The molecule has 0 N–H and O–H groups in total. The maximum atomic E-state index is 11.7. The maximum Gasteiger partial charge on any atom is 0.306 e. The number of rotatable bonds is 2. The van der Waals surface area contributed by atoms with Gasteiger partial charge in [-0.05, 0) is 60.7 Å². The fourth-order valence-corrected chi connectivity index (χ4v) is 5.74. The molecule has 4 rings (SSSR count). The van der Waals surface area contributed by atoms with Gasteiger partial charge in [-0.15, -0.1) is 0 Å². The number of allylic oxidation sites excluding steroid dienone is 2. The zero-order chi connectivity index (χ0) is 11.7. The number of methoxy groups -OCH3 is 1. The predicted octanol–water partition coefficient (Wildman–Crippen LogP) is 2.93. The number of hydrogen-bond donors (Lipinski definition) is 0. The van der Waals surface area contributed by atoms with E-state index in [1.165, 1.54) is 39.2 Å². The highest BCUT2D eigenvalue weighted by atomic mass is 16.5. The minimum absolute atomic E-state index is 0.0144. The van der Waals surface area contributed by atoms with Crippen LogP contribution in [-0.4, -0.2) is 13.1 Å². The Morgan fingerprint density at radius 1 is 1.53 bits per heavy atom. The fraction of sp³-hybridized carbons (Fsp3) is 0.800. The number of hydrogen-bond acceptors (Lipinski definition) is 2. The van der Waals surface area contributed by atoms with Gasteiger partial charge in [-0.25, -0.2) is 0 Å². The molecule has 3 fully saturated rings. The van der Waals surface area contributed by atoms with Crippen LogP contribution in [-0.2, 0) is 9.53 Å². The molecule has 4 aliphatic rings. The predicted molar refractivity (Wildman–Crippen MR) is 64.2 cm³/mol. The lowest BCUT2D eigenvalue weighted by atomic mass is 9.82.